The summed E-state index contributed by atoms with van der Waals surface area (Å²) in [6, 6.07) is 1.91. The highest BCUT2D eigenvalue weighted by Gasteiger charge is 2.43. The highest BCUT2D eigenvalue weighted by Crippen LogP contribution is 2.29. The normalized spacial score (nSPS) is 29.5. The molecule has 0 spiro atoms. The first kappa shape index (κ1) is 11.8. The quantitative estimate of drug-likeness (QED) is 0.868. The van der Waals surface area contributed by atoms with Gasteiger partial charge in [0.2, 0.25) is 0 Å². The van der Waals surface area contributed by atoms with Crippen LogP contribution in [0.3, 0.4) is 0 Å². The molecule has 0 aromatic carbocycles. The minimum absolute atomic E-state index is 0.150. The molecule has 1 aliphatic heterocycles. The van der Waals surface area contributed by atoms with Gasteiger partial charge < -0.3 is 10.5 Å². The zero-order chi connectivity index (χ0) is 11.6. The maximum atomic E-state index is 12.1. The maximum absolute atomic E-state index is 12.1. The average molecular weight is 239 g/mol. The fourth-order valence-electron chi connectivity index (χ4n) is 1.95. The van der Waals surface area contributed by atoms with Gasteiger partial charge in [0.05, 0.1) is 18.6 Å². The number of thiophene rings is 1. The fraction of sp³-hybridized carbons (Fsp3) is 0.583. The summed E-state index contributed by atoms with van der Waals surface area (Å²) in [6.07, 6.45) is 1.37. The number of carbonyl (C=O) groups is 1. The van der Waals surface area contributed by atoms with Crippen LogP contribution in [0, 0.1) is 5.41 Å². The van der Waals surface area contributed by atoms with Crippen LogP contribution in [0.1, 0.15) is 18.9 Å². The van der Waals surface area contributed by atoms with E-state index in [1.54, 1.807) is 11.3 Å². The van der Waals surface area contributed by atoms with E-state index in [1.165, 1.54) is 5.56 Å². The second-order valence-corrected chi connectivity index (χ2v) is 5.37. The number of ether oxygens (including phenoxy) is 1. The molecule has 1 saturated heterocycles. The monoisotopic (exact) mass is 239 g/mol. The van der Waals surface area contributed by atoms with Crippen LogP contribution in [0.4, 0.5) is 0 Å². The first-order chi connectivity index (χ1) is 7.63. The molecular weight excluding hydrogens is 222 g/mol. The lowest BCUT2D eigenvalue weighted by Gasteiger charge is -2.24. The number of hydrogen-bond acceptors (Lipinski definition) is 4. The molecule has 0 radical (unpaired) electrons. The van der Waals surface area contributed by atoms with Gasteiger partial charge in [-0.15, -0.1) is 0 Å². The van der Waals surface area contributed by atoms with Crippen LogP contribution < -0.4 is 5.73 Å². The third-order valence-corrected chi connectivity index (χ3v) is 4.11. The van der Waals surface area contributed by atoms with E-state index >= 15 is 0 Å². The van der Waals surface area contributed by atoms with Gasteiger partial charge in [0.15, 0.2) is 0 Å². The van der Waals surface area contributed by atoms with Crippen molar-refractivity contribution in [3.05, 3.63) is 22.4 Å². The van der Waals surface area contributed by atoms with E-state index in [9.17, 15) is 4.79 Å². The van der Waals surface area contributed by atoms with Gasteiger partial charge >= 0.3 is 0 Å². The van der Waals surface area contributed by atoms with Crippen LogP contribution in [-0.2, 0) is 16.0 Å². The van der Waals surface area contributed by atoms with Crippen molar-refractivity contribution in [3.8, 4) is 0 Å². The van der Waals surface area contributed by atoms with E-state index in [2.05, 4.69) is 11.4 Å². The van der Waals surface area contributed by atoms with E-state index in [0.717, 1.165) is 6.42 Å². The Balaban J connectivity index is 1.93. The van der Waals surface area contributed by atoms with Gasteiger partial charge in [-0.25, -0.2) is 0 Å². The number of carbonyl (C=O) groups excluding carboxylic acids is 1. The number of Topliss-reactive ketones (excluding diaryl/α,β-unsaturated/α-hetero) is 1. The molecule has 88 valence electrons. The van der Waals surface area contributed by atoms with Crippen LogP contribution in [-0.4, -0.2) is 25.0 Å². The first-order valence-corrected chi connectivity index (χ1v) is 6.45. The summed E-state index contributed by atoms with van der Waals surface area (Å²) in [4.78, 5) is 12.1. The fourth-order valence-corrected chi connectivity index (χ4v) is 2.66. The highest BCUT2D eigenvalue weighted by molar-refractivity contribution is 7.07. The number of rotatable bonds is 4. The highest BCUT2D eigenvalue weighted by atomic mass is 32.1. The van der Waals surface area contributed by atoms with Crippen LogP contribution in [0.5, 0.6) is 0 Å². The first-order valence-electron chi connectivity index (χ1n) is 5.50. The van der Waals surface area contributed by atoms with Gasteiger partial charge in [-0.1, -0.05) is 0 Å². The Bertz CT molecular complexity index is 363. The van der Waals surface area contributed by atoms with Crippen molar-refractivity contribution >= 4 is 17.1 Å². The number of aryl methyl sites for hydroxylation is 1. The summed E-state index contributed by atoms with van der Waals surface area (Å²) >= 11 is 1.66. The van der Waals surface area contributed by atoms with E-state index in [4.69, 9.17) is 10.5 Å². The van der Waals surface area contributed by atoms with Crippen LogP contribution in [0.2, 0.25) is 0 Å². The Morgan fingerprint density at radius 3 is 3.12 bits per heavy atom. The van der Waals surface area contributed by atoms with Crippen molar-refractivity contribution in [2.75, 3.05) is 13.2 Å². The van der Waals surface area contributed by atoms with Gasteiger partial charge in [-0.3, -0.25) is 4.79 Å². The maximum Gasteiger partial charge on any atom is 0.143 e. The van der Waals surface area contributed by atoms with Crippen molar-refractivity contribution in [2.45, 2.75) is 25.8 Å². The minimum Gasteiger partial charge on any atom is -0.379 e. The third-order valence-electron chi connectivity index (χ3n) is 3.38. The summed E-state index contributed by atoms with van der Waals surface area (Å²) in [5, 5.41) is 4.12. The lowest BCUT2D eigenvalue weighted by Crippen LogP contribution is -2.44. The molecule has 2 atom stereocenters. The van der Waals surface area contributed by atoms with Crippen LogP contribution in [0.25, 0.3) is 0 Å². The third kappa shape index (κ3) is 2.19. The van der Waals surface area contributed by atoms with E-state index in [1.807, 2.05) is 12.3 Å². The molecule has 2 unspecified atom stereocenters. The SMILES string of the molecule is CC1(C(=O)CCc2ccsc2)COCC1N. The second-order valence-electron chi connectivity index (χ2n) is 4.59. The van der Waals surface area contributed by atoms with Crippen molar-refractivity contribution in [1.82, 2.24) is 0 Å². The van der Waals surface area contributed by atoms with Crippen molar-refractivity contribution in [1.29, 1.82) is 0 Å². The number of ketones is 1. The van der Waals surface area contributed by atoms with Gasteiger partial charge in [0.25, 0.3) is 0 Å². The zero-order valence-electron chi connectivity index (χ0n) is 9.44. The van der Waals surface area contributed by atoms with Crippen LogP contribution >= 0.6 is 11.3 Å². The standard InChI is InChI=1S/C12H17NO2S/c1-12(8-15-6-10(12)13)11(14)3-2-9-4-5-16-7-9/h4-5,7,10H,2-3,6,8,13H2,1H3. The smallest absolute Gasteiger partial charge is 0.143 e. The summed E-state index contributed by atoms with van der Waals surface area (Å²) in [5.74, 6) is 0.226. The second kappa shape index (κ2) is 4.65. The van der Waals surface area contributed by atoms with E-state index in [0.29, 0.717) is 19.6 Å². The topological polar surface area (TPSA) is 52.3 Å². The van der Waals surface area contributed by atoms with Crippen molar-refractivity contribution < 1.29 is 9.53 Å². The average Bonchev–Trinajstić information content (AvgIpc) is 2.87. The Morgan fingerprint density at radius 1 is 1.75 bits per heavy atom. The summed E-state index contributed by atoms with van der Waals surface area (Å²) < 4.78 is 5.29. The molecule has 2 N–H and O–H groups in total. The van der Waals surface area contributed by atoms with Gasteiger partial charge in [-0.2, -0.15) is 11.3 Å². The molecule has 1 fully saturated rings. The molecule has 1 aromatic rings. The minimum atomic E-state index is -0.476. The molecule has 0 bridgehead atoms. The molecule has 0 amide bonds. The molecule has 4 heteroatoms. The lowest BCUT2D eigenvalue weighted by atomic mass is 9.79. The predicted molar refractivity (Wildman–Crippen MR) is 64.5 cm³/mol. The Morgan fingerprint density at radius 2 is 2.56 bits per heavy atom. The van der Waals surface area contributed by atoms with E-state index < -0.39 is 5.41 Å². The Kier molecular flexibility index (Phi) is 3.42. The lowest BCUT2D eigenvalue weighted by molar-refractivity contribution is -0.128. The molecule has 0 saturated carbocycles. The Hall–Kier alpha value is -0.710. The molecule has 2 heterocycles. The number of nitrogens with two attached hydrogens (primary N) is 1. The molecular formula is C12H17NO2S. The molecule has 1 aromatic heterocycles. The predicted octanol–water partition coefficient (Wildman–Crippen LogP) is 1.61. The zero-order valence-corrected chi connectivity index (χ0v) is 10.3. The van der Waals surface area contributed by atoms with Crippen molar-refractivity contribution in [3.63, 3.8) is 0 Å². The largest absolute Gasteiger partial charge is 0.379 e. The van der Waals surface area contributed by atoms with Gasteiger partial charge in [0, 0.05) is 12.5 Å². The number of hydrogen-bond donors (Lipinski definition) is 1. The molecule has 3 nitrogen and oxygen atoms in total. The molecule has 1 aliphatic rings. The molecule has 16 heavy (non-hydrogen) atoms. The summed E-state index contributed by atoms with van der Waals surface area (Å²) in [7, 11) is 0. The van der Waals surface area contributed by atoms with Crippen LogP contribution in [0.15, 0.2) is 16.8 Å². The Labute approximate surface area is 99.6 Å². The molecule has 0 aliphatic carbocycles. The molecule has 2 rings (SSSR count). The van der Waals surface area contributed by atoms with E-state index in [-0.39, 0.29) is 11.8 Å². The summed E-state index contributed by atoms with van der Waals surface area (Å²) in [5.41, 5.74) is 6.67. The van der Waals surface area contributed by atoms with Gasteiger partial charge in [-0.05, 0) is 35.7 Å². The van der Waals surface area contributed by atoms with Crippen molar-refractivity contribution in [2.24, 2.45) is 11.1 Å². The summed E-state index contributed by atoms with van der Waals surface area (Å²) in [6.45, 7) is 2.89. The van der Waals surface area contributed by atoms with Gasteiger partial charge in [0.1, 0.15) is 5.78 Å².